The smallest absolute Gasteiger partial charge is 0.369 e. The van der Waals surface area contributed by atoms with Crippen LogP contribution in [0.5, 0.6) is 0 Å². The van der Waals surface area contributed by atoms with E-state index in [0.717, 1.165) is 0 Å². The van der Waals surface area contributed by atoms with Crippen LogP contribution in [0.15, 0.2) is 57.0 Å². The zero-order chi connectivity index (χ0) is 19.8. The Balaban J connectivity index is 2.01. The summed E-state index contributed by atoms with van der Waals surface area (Å²) in [6, 6.07) is 9.05. The molecule has 0 radical (unpaired) electrons. The fraction of sp³-hybridized carbons (Fsp3) is 0.333. The summed E-state index contributed by atoms with van der Waals surface area (Å²) < 4.78 is 13.4. The van der Waals surface area contributed by atoms with Gasteiger partial charge in [-0.2, -0.15) is 0 Å². The van der Waals surface area contributed by atoms with Gasteiger partial charge >= 0.3 is 11.9 Å². The van der Waals surface area contributed by atoms with E-state index < -0.39 is 29.0 Å². The third-order valence-corrected chi connectivity index (χ3v) is 4.43. The molecule has 2 aromatic rings. The van der Waals surface area contributed by atoms with Crippen LogP contribution in [0.3, 0.4) is 0 Å². The Bertz CT molecular complexity index is 1000. The fourth-order valence-electron chi connectivity index (χ4n) is 2.60. The van der Waals surface area contributed by atoms with Crippen molar-refractivity contribution in [2.75, 3.05) is 0 Å². The normalized spacial score (nSPS) is 20.1. The highest BCUT2D eigenvalue weighted by Crippen LogP contribution is 2.29. The number of nitrogens with zero attached hydrogens (tertiary/aromatic N) is 4. The third kappa shape index (κ3) is 3.23. The van der Waals surface area contributed by atoms with E-state index in [-0.39, 0.29) is 5.69 Å². The quantitative estimate of drug-likeness (QED) is 0.656. The zero-order valence-corrected chi connectivity index (χ0v) is 15.5. The summed E-state index contributed by atoms with van der Waals surface area (Å²) in [6.07, 6.45) is 0.340. The highest BCUT2D eigenvalue weighted by atomic mass is 16.8. The average Bonchev–Trinajstić information content (AvgIpc) is 2.84. The highest BCUT2D eigenvalue weighted by molar-refractivity contribution is 5.89. The van der Waals surface area contributed by atoms with Gasteiger partial charge in [0.1, 0.15) is 0 Å². The number of esters is 1. The van der Waals surface area contributed by atoms with E-state index in [0.29, 0.717) is 17.8 Å². The van der Waals surface area contributed by atoms with Crippen molar-refractivity contribution in [3.05, 3.63) is 58.0 Å². The van der Waals surface area contributed by atoms with E-state index in [1.165, 1.54) is 11.6 Å². The highest BCUT2D eigenvalue weighted by Gasteiger charge is 2.39. The predicted octanol–water partition coefficient (Wildman–Crippen LogP) is 2.99. The molecule has 3 rings (SSSR count). The molecule has 1 unspecified atom stereocenters. The SMILES string of the molecule is CCC1(C)OC(=O)C(/N=N/c2c(C)n(C)n(-c3ccccc3)c2=O)=C(O)O1. The molecule has 1 atom stereocenters. The molecule has 1 aromatic carbocycles. The monoisotopic (exact) mass is 372 g/mol. The number of benzene rings is 1. The molecule has 0 spiro atoms. The first-order valence-corrected chi connectivity index (χ1v) is 8.38. The molecule has 1 aromatic heterocycles. The van der Waals surface area contributed by atoms with Crippen molar-refractivity contribution in [1.29, 1.82) is 0 Å². The minimum atomic E-state index is -1.26. The summed E-state index contributed by atoms with van der Waals surface area (Å²) in [5, 5.41) is 17.6. The number of aliphatic hydroxyl groups is 1. The zero-order valence-electron chi connectivity index (χ0n) is 15.5. The van der Waals surface area contributed by atoms with Crippen LogP contribution in [-0.4, -0.2) is 26.2 Å². The van der Waals surface area contributed by atoms with Crippen molar-refractivity contribution < 1.29 is 19.4 Å². The lowest BCUT2D eigenvalue weighted by atomic mass is 10.2. The first-order valence-electron chi connectivity index (χ1n) is 8.38. The minimum Gasteiger partial charge on any atom is -0.479 e. The second-order valence-electron chi connectivity index (χ2n) is 6.24. The van der Waals surface area contributed by atoms with Crippen molar-refractivity contribution >= 4 is 11.7 Å². The van der Waals surface area contributed by atoms with Crippen molar-refractivity contribution in [3.8, 4) is 5.69 Å². The lowest BCUT2D eigenvalue weighted by Gasteiger charge is -2.31. The maximum Gasteiger partial charge on any atom is 0.369 e. The Kier molecular flexibility index (Phi) is 4.61. The second-order valence-corrected chi connectivity index (χ2v) is 6.24. The lowest BCUT2D eigenvalue weighted by Crippen LogP contribution is -2.38. The van der Waals surface area contributed by atoms with Gasteiger partial charge in [0.2, 0.25) is 0 Å². The van der Waals surface area contributed by atoms with Gasteiger partial charge in [0.05, 0.1) is 11.4 Å². The number of carbonyl (C=O) groups is 1. The number of aliphatic hydroxyl groups excluding tert-OH is 1. The number of rotatable bonds is 4. The average molecular weight is 372 g/mol. The van der Waals surface area contributed by atoms with E-state index in [1.54, 1.807) is 37.7 Å². The molecule has 1 aliphatic heterocycles. The Hall–Kier alpha value is -3.36. The maximum atomic E-state index is 12.8. The summed E-state index contributed by atoms with van der Waals surface area (Å²) in [6.45, 7) is 4.97. The Morgan fingerprint density at radius 1 is 1.15 bits per heavy atom. The molecule has 0 fully saturated rings. The Labute approximate surface area is 155 Å². The largest absolute Gasteiger partial charge is 0.479 e. The van der Waals surface area contributed by atoms with Gasteiger partial charge in [-0.05, 0) is 19.1 Å². The van der Waals surface area contributed by atoms with E-state index >= 15 is 0 Å². The van der Waals surface area contributed by atoms with Crippen molar-refractivity contribution in [1.82, 2.24) is 9.36 Å². The van der Waals surface area contributed by atoms with Crippen LogP contribution in [0.1, 0.15) is 26.0 Å². The molecule has 9 nitrogen and oxygen atoms in total. The van der Waals surface area contributed by atoms with Gasteiger partial charge in [-0.1, -0.05) is 25.1 Å². The molecular formula is C18H20N4O5. The third-order valence-electron chi connectivity index (χ3n) is 4.43. The molecule has 2 heterocycles. The number of cyclic esters (lactones) is 1. The summed E-state index contributed by atoms with van der Waals surface area (Å²) >= 11 is 0. The Morgan fingerprint density at radius 3 is 2.41 bits per heavy atom. The van der Waals surface area contributed by atoms with Gasteiger partial charge in [0.15, 0.2) is 5.69 Å². The fourth-order valence-corrected chi connectivity index (χ4v) is 2.60. The first-order chi connectivity index (χ1) is 12.8. The molecular weight excluding hydrogens is 352 g/mol. The summed E-state index contributed by atoms with van der Waals surface area (Å²) in [4.78, 5) is 24.9. The summed E-state index contributed by atoms with van der Waals surface area (Å²) in [5.41, 5.74) is 0.341. The van der Waals surface area contributed by atoms with Gasteiger partial charge in [-0.15, -0.1) is 10.2 Å². The minimum absolute atomic E-state index is 0.0401. The molecule has 0 saturated heterocycles. The van der Waals surface area contributed by atoms with E-state index in [4.69, 9.17) is 9.47 Å². The van der Waals surface area contributed by atoms with Gasteiger partial charge in [0.25, 0.3) is 17.0 Å². The maximum absolute atomic E-state index is 12.8. The van der Waals surface area contributed by atoms with Crippen LogP contribution in [0, 0.1) is 6.92 Å². The molecule has 1 aliphatic rings. The van der Waals surface area contributed by atoms with Crippen LogP contribution >= 0.6 is 0 Å². The second kappa shape index (κ2) is 6.75. The number of hydrogen-bond acceptors (Lipinski definition) is 7. The Morgan fingerprint density at radius 2 is 1.81 bits per heavy atom. The molecule has 0 saturated carbocycles. The number of azo groups is 1. The molecule has 0 bridgehead atoms. The lowest BCUT2D eigenvalue weighted by molar-refractivity contribution is -0.231. The number of aromatic nitrogens is 2. The molecule has 0 amide bonds. The standard InChI is InChI=1S/C18H20N4O5/c1-5-18(3)26-16(24)14(17(25)27-18)20-19-13-11(2)21(4)22(15(13)23)12-9-7-6-8-10-12/h6-10,24H,5H2,1-4H3/b20-19+. The van der Waals surface area contributed by atoms with Crippen molar-refractivity contribution in [2.24, 2.45) is 17.3 Å². The first kappa shape index (κ1) is 18.4. The van der Waals surface area contributed by atoms with Gasteiger partial charge in [0, 0.05) is 20.4 Å². The van der Waals surface area contributed by atoms with Gasteiger partial charge in [-0.3, -0.25) is 9.48 Å². The number of ether oxygens (including phenoxy) is 2. The molecule has 27 heavy (non-hydrogen) atoms. The topological polar surface area (TPSA) is 107 Å². The molecule has 142 valence electrons. The van der Waals surface area contributed by atoms with Crippen LogP contribution in [0.4, 0.5) is 5.69 Å². The predicted molar refractivity (Wildman–Crippen MR) is 95.8 cm³/mol. The van der Waals surface area contributed by atoms with Crippen LogP contribution in [-0.2, 0) is 21.3 Å². The van der Waals surface area contributed by atoms with Crippen molar-refractivity contribution in [2.45, 2.75) is 33.0 Å². The van der Waals surface area contributed by atoms with Gasteiger partial charge < -0.3 is 14.6 Å². The summed E-state index contributed by atoms with van der Waals surface area (Å²) in [5.74, 6) is -2.82. The molecule has 0 aliphatic carbocycles. The van der Waals surface area contributed by atoms with Crippen molar-refractivity contribution in [3.63, 3.8) is 0 Å². The van der Waals surface area contributed by atoms with Crippen LogP contribution in [0.2, 0.25) is 0 Å². The van der Waals surface area contributed by atoms with E-state index in [2.05, 4.69) is 10.2 Å². The van der Waals surface area contributed by atoms with E-state index in [9.17, 15) is 14.7 Å². The van der Waals surface area contributed by atoms with Gasteiger partial charge in [-0.25, -0.2) is 9.48 Å². The molecule has 9 heteroatoms. The van der Waals surface area contributed by atoms with Crippen LogP contribution < -0.4 is 5.56 Å². The number of carbonyl (C=O) groups excluding carboxylic acids is 1. The summed E-state index contributed by atoms with van der Waals surface area (Å²) in [7, 11) is 1.71. The molecule has 1 N–H and O–H groups in total. The van der Waals surface area contributed by atoms with Crippen LogP contribution in [0.25, 0.3) is 5.69 Å². The number of hydrogen-bond donors (Lipinski definition) is 1. The number of para-hydroxylation sites is 1. The van der Waals surface area contributed by atoms with E-state index in [1.807, 2.05) is 18.2 Å².